The quantitative estimate of drug-likeness (QED) is 0.717. The fourth-order valence-corrected chi connectivity index (χ4v) is 3.85. The Labute approximate surface area is 150 Å². The van der Waals surface area contributed by atoms with Crippen LogP contribution in [0.3, 0.4) is 0 Å². The number of imide groups is 1. The molecule has 1 saturated heterocycles. The van der Waals surface area contributed by atoms with Gasteiger partial charge in [0.05, 0.1) is 16.9 Å². The Kier molecular flexibility index (Phi) is 4.68. The van der Waals surface area contributed by atoms with Gasteiger partial charge in [0.25, 0.3) is 0 Å². The molecular formula is C16H10BrN2O4S-. The second-order valence-corrected chi connectivity index (χ2v) is 7.11. The van der Waals surface area contributed by atoms with Crippen LogP contribution in [-0.4, -0.2) is 28.0 Å². The molecule has 0 N–H and O–H groups in total. The van der Waals surface area contributed by atoms with E-state index < -0.39 is 17.1 Å². The van der Waals surface area contributed by atoms with Crippen LogP contribution in [0.2, 0.25) is 0 Å². The summed E-state index contributed by atoms with van der Waals surface area (Å²) >= 11 is 4.27. The van der Waals surface area contributed by atoms with Gasteiger partial charge in [0.15, 0.2) is 0 Å². The van der Waals surface area contributed by atoms with Crippen molar-refractivity contribution in [1.29, 1.82) is 0 Å². The standard InChI is InChI=1S/C16H11BrN2O4S/c17-9-3-1-4-10(7-9)19-13(20)8-12(15(19)21)24-14-11(16(22)23)5-2-6-18-14/h1-7,12H,8H2,(H,22,23)/p-1/t12-/m1/s1. The van der Waals surface area contributed by atoms with E-state index >= 15 is 0 Å². The monoisotopic (exact) mass is 405 g/mol. The molecule has 0 radical (unpaired) electrons. The normalized spacial score (nSPS) is 17.4. The molecule has 2 amide bonds. The van der Waals surface area contributed by atoms with Gasteiger partial charge in [0.1, 0.15) is 5.03 Å². The lowest BCUT2D eigenvalue weighted by molar-refractivity contribution is -0.255. The smallest absolute Gasteiger partial charge is 0.247 e. The SMILES string of the molecule is O=C([O-])c1cccnc1S[C@@H]1CC(=O)N(c2cccc(Br)c2)C1=O. The molecule has 0 bridgehead atoms. The lowest BCUT2D eigenvalue weighted by Crippen LogP contribution is -2.31. The highest BCUT2D eigenvalue weighted by atomic mass is 79.9. The number of carbonyl (C=O) groups excluding carboxylic acids is 3. The van der Waals surface area contributed by atoms with Crippen LogP contribution in [0.15, 0.2) is 52.1 Å². The maximum atomic E-state index is 12.6. The Morgan fingerprint density at radius 2 is 2.08 bits per heavy atom. The average molecular weight is 406 g/mol. The third kappa shape index (κ3) is 3.20. The first-order valence-corrected chi connectivity index (χ1v) is 8.60. The minimum absolute atomic E-state index is 0.0148. The Bertz CT molecular complexity index is 842. The minimum atomic E-state index is -1.37. The highest BCUT2D eigenvalue weighted by Gasteiger charge is 2.40. The van der Waals surface area contributed by atoms with Crippen molar-refractivity contribution in [1.82, 2.24) is 4.98 Å². The van der Waals surface area contributed by atoms with Crippen LogP contribution in [-0.2, 0) is 9.59 Å². The van der Waals surface area contributed by atoms with E-state index in [2.05, 4.69) is 20.9 Å². The zero-order valence-electron chi connectivity index (χ0n) is 12.1. The number of thioether (sulfide) groups is 1. The first-order chi connectivity index (χ1) is 11.5. The summed E-state index contributed by atoms with van der Waals surface area (Å²) in [5.74, 6) is -2.09. The molecule has 8 heteroatoms. The Morgan fingerprint density at radius 3 is 2.79 bits per heavy atom. The fraction of sp³-hybridized carbons (Fsp3) is 0.125. The molecule has 1 aliphatic rings. The number of rotatable bonds is 4. The van der Waals surface area contributed by atoms with E-state index in [0.29, 0.717) is 5.69 Å². The van der Waals surface area contributed by atoms with Gasteiger partial charge < -0.3 is 9.90 Å². The van der Waals surface area contributed by atoms with Crippen molar-refractivity contribution in [3.05, 3.63) is 52.6 Å². The molecule has 24 heavy (non-hydrogen) atoms. The molecular weight excluding hydrogens is 396 g/mol. The molecule has 1 fully saturated rings. The number of pyridine rings is 1. The molecule has 1 aliphatic heterocycles. The third-order valence-corrected chi connectivity index (χ3v) is 5.11. The van der Waals surface area contributed by atoms with Crippen molar-refractivity contribution in [2.75, 3.05) is 4.90 Å². The second kappa shape index (κ2) is 6.74. The summed E-state index contributed by atoms with van der Waals surface area (Å²) in [6.07, 6.45) is 1.42. The number of aromatic nitrogens is 1. The average Bonchev–Trinajstić information content (AvgIpc) is 2.81. The second-order valence-electron chi connectivity index (χ2n) is 5.00. The number of carboxylic acids is 1. The molecule has 3 rings (SSSR count). The number of hydrogen-bond acceptors (Lipinski definition) is 6. The Morgan fingerprint density at radius 1 is 1.29 bits per heavy atom. The predicted octanol–water partition coefficient (Wildman–Crippen LogP) is 1.63. The molecule has 0 spiro atoms. The summed E-state index contributed by atoms with van der Waals surface area (Å²) in [5, 5.41) is 10.6. The van der Waals surface area contributed by atoms with Crippen LogP contribution < -0.4 is 10.0 Å². The van der Waals surface area contributed by atoms with E-state index in [4.69, 9.17) is 0 Å². The van der Waals surface area contributed by atoms with E-state index in [1.165, 1.54) is 18.3 Å². The molecule has 1 aromatic carbocycles. The summed E-state index contributed by atoms with van der Waals surface area (Å²) in [5.41, 5.74) is 0.382. The molecule has 0 saturated carbocycles. The molecule has 2 heterocycles. The molecule has 2 aromatic rings. The summed E-state index contributed by atoms with van der Waals surface area (Å²) < 4.78 is 0.751. The molecule has 1 atom stereocenters. The number of anilines is 1. The molecule has 1 aromatic heterocycles. The van der Waals surface area contributed by atoms with E-state index in [1.54, 1.807) is 24.3 Å². The van der Waals surface area contributed by atoms with Crippen LogP contribution in [0, 0.1) is 0 Å². The largest absolute Gasteiger partial charge is 0.545 e. The molecule has 0 unspecified atom stereocenters. The van der Waals surface area contributed by atoms with Crippen LogP contribution in [0.5, 0.6) is 0 Å². The number of carboxylic acid groups (broad SMARTS) is 1. The first kappa shape index (κ1) is 16.7. The van der Waals surface area contributed by atoms with Gasteiger partial charge in [-0.1, -0.05) is 33.8 Å². The third-order valence-electron chi connectivity index (χ3n) is 3.42. The van der Waals surface area contributed by atoms with Gasteiger partial charge in [-0.05, 0) is 30.3 Å². The van der Waals surface area contributed by atoms with Gasteiger partial charge in [-0.15, -0.1) is 0 Å². The van der Waals surface area contributed by atoms with Crippen LogP contribution in [0.25, 0.3) is 0 Å². The number of nitrogens with zero attached hydrogens (tertiary/aromatic N) is 2. The van der Waals surface area contributed by atoms with E-state index in [0.717, 1.165) is 21.1 Å². The van der Waals surface area contributed by atoms with Crippen molar-refractivity contribution in [2.24, 2.45) is 0 Å². The summed E-state index contributed by atoms with van der Waals surface area (Å²) in [4.78, 5) is 41.1. The Balaban J connectivity index is 1.86. The molecule has 122 valence electrons. The minimum Gasteiger partial charge on any atom is -0.545 e. The van der Waals surface area contributed by atoms with Crippen LogP contribution in [0.1, 0.15) is 16.8 Å². The Hall–Kier alpha value is -2.19. The topological polar surface area (TPSA) is 90.4 Å². The van der Waals surface area contributed by atoms with Crippen molar-refractivity contribution in [3.63, 3.8) is 0 Å². The van der Waals surface area contributed by atoms with Crippen molar-refractivity contribution < 1.29 is 19.5 Å². The summed E-state index contributed by atoms with van der Waals surface area (Å²) in [6.45, 7) is 0. The van der Waals surface area contributed by atoms with Gasteiger partial charge in [0.2, 0.25) is 11.8 Å². The zero-order valence-corrected chi connectivity index (χ0v) is 14.5. The molecule has 0 aliphatic carbocycles. The van der Waals surface area contributed by atoms with E-state index in [-0.39, 0.29) is 22.9 Å². The maximum Gasteiger partial charge on any atom is 0.247 e. The number of aromatic carboxylic acids is 1. The highest BCUT2D eigenvalue weighted by molar-refractivity contribution is 9.10. The van der Waals surface area contributed by atoms with Gasteiger partial charge in [-0.2, -0.15) is 0 Å². The van der Waals surface area contributed by atoms with Crippen LogP contribution in [0.4, 0.5) is 5.69 Å². The van der Waals surface area contributed by atoms with Crippen molar-refractivity contribution >= 4 is 51.2 Å². The first-order valence-electron chi connectivity index (χ1n) is 6.93. The predicted molar refractivity (Wildman–Crippen MR) is 89.5 cm³/mol. The van der Waals surface area contributed by atoms with Gasteiger partial charge >= 0.3 is 0 Å². The van der Waals surface area contributed by atoms with E-state index in [1.807, 2.05) is 0 Å². The summed E-state index contributed by atoms with van der Waals surface area (Å²) in [6, 6.07) is 9.70. The number of halogens is 1. The fourth-order valence-electron chi connectivity index (χ4n) is 2.36. The van der Waals surface area contributed by atoms with Gasteiger partial charge in [-0.3, -0.25) is 9.59 Å². The van der Waals surface area contributed by atoms with Gasteiger partial charge in [0, 0.05) is 22.7 Å². The number of hydrogen-bond donors (Lipinski definition) is 0. The van der Waals surface area contributed by atoms with Crippen LogP contribution >= 0.6 is 27.7 Å². The van der Waals surface area contributed by atoms with E-state index in [9.17, 15) is 19.5 Å². The van der Waals surface area contributed by atoms with Crippen molar-refractivity contribution in [3.8, 4) is 0 Å². The lowest BCUT2D eigenvalue weighted by Gasteiger charge is -2.15. The number of carbonyl (C=O) groups is 3. The number of amides is 2. The number of benzene rings is 1. The highest BCUT2D eigenvalue weighted by Crippen LogP contribution is 2.34. The van der Waals surface area contributed by atoms with Gasteiger partial charge in [-0.25, -0.2) is 9.88 Å². The summed E-state index contributed by atoms with van der Waals surface area (Å²) in [7, 11) is 0. The lowest BCUT2D eigenvalue weighted by atomic mass is 10.3. The maximum absolute atomic E-state index is 12.6. The zero-order chi connectivity index (χ0) is 17.3. The van der Waals surface area contributed by atoms with Crippen molar-refractivity contribution in [2.45, 2.75) is 16.7 Å². The molecule has 6 nitrogen and oxygen atoms in total.